The van der Waals surface area contributed by atoms with E-state index in [9.17, 15) is 4.79 Å². The lowest BCUT2D eigenvalue weighted by atomic mass is 10.1. The number of hydrogen-bond acceptors (Lipinski definition) is 5. The lowest BCUT2D eigenvalue weighted by Crippen LogP contribution is -2.47. The molecule has 148 valence electrons. The average molecular weight is 403 g/mol. The van der Waals surface area contributed by atoms with E-state index in [2.05, 4.69) is 10.2 Å². The van der Waals surface area contributed by atoms with Gasteiger partial charge < -0.3 is 19.5 Å². The van der Waals surface area contributed by atoms with Gasteiger partial charge in [0.25, 0.3) is 0 Å². The molecule has 2 aromatic rings. The molecule has 2 unspecified atom stereocenters. The third kappa shape index (κ3) is 4.76. The summed E-state index contributed by atoms with van der Waals surface area (Å²) in [4.78, 5) is 14.5. The lowest BCUT2D eigenvalue weighted by molar-refractivity contribution is -0.124. The summed E-state index contributed by atoms with van der Waals surface area (Å²) in [6.45, 7) is 3.17. The molecular weight excluding hydrogens is 380 g/mol. The second-order valence-corrected chi connectivity index (χ2v) is 7.38. The van der Waals surface area contributed by atoms with Crippen molar-refractivity contribution in [3.8, 4) is 11.5 Å². The van der Waals surface area contributed by atoms with E-state index in [4.69, 9.17) is 25.8 Å². The zero-order valence-electron chi connectivity index (χ0n) is 15.5. The van der Waals surface area contributed by atoms with Gasteiger partial charge in [0.05, 0.1) is 25.8 Å². The molecule has 2 atom stereocenters. The highest BCUT2D eigenvalue weighted by Crippen LogP contribution is 2.30. The highest BCUT2D eigenvalue weighted by atomic mass is 35.5. The predicted molar refractivity (Wildman–Crippen MR) is 106 cm³/mol. The van der Waals surface area contributed by atoms with Crippen molar-refractivity contribution in [1.82, 2.24) is 10.2 Å². The smallest absolute Gasteiger partial charge is 0.234 e. The van der Waals surface area contributed by atoms with E-state index in [0.29, 0.717) is 43.6 Å². The number of nitrogens with one attached hydrogen (secondary N) is 1. The quantitative estimate of drug-likeness (QED) is 0.833. The molecule has 0 spiro atoms. The number of carbonyl (C=O) groups is 1. The van der Waals surface area contributed by atoms with Crippen LogP contribution in [0.5, 0.6) is 11.5 Å². The van der Waals surface area contributed by atoms with Gasteiger partial charge in [0, 0.05) is 18.1 Å². The minimum atomic E-state index is -0.189. The molecule has 1 N–H and O–H groups in total. The van der Waals surface area contributed by atoms with E-state index < -0.39 is 0 Å². The number of ether oxygens (including phenoxy) is 3. The molecule has 2 aliphatic heterocycles. The summed E-state index contributed by atoms with van der Waals surface area (Å²) in [5, 5.41) is 3.65. The minimum Gasteiger partial charge on any atom is -0.486 e. The number of morpholine rings is 1. The Morgan fingerprint density at radius 3 is 2.75 bits per heavy atom. The molecule has 0 aromatic heterocycles. The van der Waals surface area contributed by atoms with Gasteiger partial charge in [-0.2, -0.15) is 0 Å². The SMILES string of the molecule is O=C(CN1CCOC(c2ccc(Cl)cc2)C1)NCC1COc2ccccc2O1. The first-order chi connectivity index (χ1) is 13.7. The third-order valence-electron chi connectivity index (χ3n) is 4.85. The van der Waals surface area contributed by atoms with Crippen molar-refractivity contribution >= 4 is 17.5 Å². The fraction of sp³-hybridized carbons (Fsp3) is 0.381. The van der Waals surface area contributed by atoms with Crippen molar-refractivity contribution in [2.45, 2.75) is 12.2 Å². The van der Waals surface area contributed by atoms with Crippen LogP contribution in [0.2, 0.25) is 5.02 Å². The van der Waals surface area contributed by atoms with Crippen molar-refractivity contribution in [1.29, 1.82) is 0 Å². The summed E-state index contributed by atoms with van der Waals surface area (Å²) < 4.78 is 17.4. The monoisotopic (exact) mass is 402 g/mol. The van der Waals surface area contributed by atoms with Crippen molar-refractivity contribution in [3.05, 3.63) is 59.1 Å². The van der Waals surface area contributed by atoms with Gasteiger partial charge in [-0.1, -0.05) is 35.9 Å². The zero-order chi connectivity index (χ0) is 19.3. The number of halogens is 1. The maximum atomic E-state index is 12.4. The van der Waals surface area contributed by atoms with Crippen LogP contribution in [0.3, 0.4) is 0 Å². The molecule has 6 nitrogen and oxygen atoms in total. The normalized spacial score (nSPS) is 21.9. The Bertz CT molecular complexity index is 814. The van der Waals surface area contributed by atoms with Gasteiger partial charge in [0.2, 0.25) is 5.91 Å². The fourth-order valence-corrected chi connectivity index (χ4v) is 3.50. The Morgan fingerprint density at radius 1 is 1.14 bits per heavy atom. The highest BCUT2D eigenvalue weighted by Gasteiger charge is 2.25. The van der Waals surface area contributed by atoms with Crippen molar-refractivity contribution in [2.24, 2.45) is 0 Å². The van der Waals surface area contributed by atoms with Gasteiger partial charge in [-0.15, -0.1) is 0 Å². The van der Waals surface area contributed by atoms with E-state index in [1.807, 2.05) is 48.5 Å². The van der Waals surface area contributed by atoms with Crippen LogP contribution < -0.4 is 14.8 Å². The van der Waals surface area contributed by atoms with Gasteiger partial charge in [-0.05, 0) is 29.8 Å². The molecule has 0 saturated carbocycles. The second-order valence-electron chi connectivity index (χ2n) is 6.95. The summed E-state index contributed by atoms with van der Waals surface area (Å²) in [7, 11) is 0. The number of hydrogen-bond donors (Lipinski definition) is 1. The number of benzene rings is 2. The summed E-state index contributed by atoms with van der Waals surface area (Å²) >= 11 is 5.95. The Hall–Kier alpha value is -2.28. The average Bonchev–Trinajstić information content (AvgIpc) is 2.73. The molecular formula is C21H23ClN2O4. The van der Waals surface area contributed by atoms with Crippen molar-refractivity contribution in [3.63, 3.8) is 0 Å². The lowest BCUT2D eigenvalue weighted by Gasteiger charge is -2.33. The number of amides is 1. The topological polar surface area (TPSA) is 60.0 Å². The maximum absolute atomic E-state index is 12.4. The highest BCUT2D eigenvalue weighted by molar-refractivity contribution is 6.30. The number of nitrogens with zero attached hydrogens (tertiary/aromatic N) is 1. The van der Waals surface area contributed by atoms with E-state index >= 15 is 0 Å². The summed E-state index contributed by atoms with van der Waals surface area (Å²) in [5.74, 6) is 1.43. The Morgan fingerprint density at radius 2 is 1.93 bits per heavy atom. The van der Waals surface area contributed by atoms with Crippen LogP contribution in [0.15, 0.2) is 48.5 Å². The Balaban J connectivity index is 1.24. The van der Waals surface area contributed by atoms with Crippen LogP contribution in [0.4, 0.5) is 0 Å². The van der Waals surface area contributed by atoms with Crippen LogP contribution in [0.25, 0.3) is 0 Å². The number of fused-ring (bicyclic) bond motifs is 1. The molecule has 2 aromatic carbocycles. The maximum Gasteiger partial charge on any atom is 0.234 e. The van der Waals surface area contributed by atoms with E-state index in [-0.39, 0.29) is 18.1 Å². The van der Waals surface area contributed by atoms with Gasteiger partial charge in [-0.3, -0.25) is 9.69 Å². The summed E-state index contributed by atoms with van der Waals surface area (Å²) in [5.41, 5.74) is 1.07. The first-order valence-electron chi connectivity index (χ1n) is 9.42. The largest absolute Gasteiger partial charge is 0.486 e. The van der Waals surface area contributed by atoms with Crippen LogP contribution in [-0.4, -0.2) is 56.3 Å². The standard InChI is InChI=1S/C21H23ClN2O4/c22-16-7-5-15(6-8-16)20-12-24(9-10-26-20)13-21(25)23-11-17-14-27-18-3-1-2-4-19(18)28-17/h1-8,17,20H,9-14H2,(H,23,25). The molecule has 7 heteroatoms. The molecule has 2 aliphatic rings. The van der Waals surface area contributed by atoms with Gasteiger partial charge in [0.15, 0.2) is 11.5 Å². The van der Waals surface area contributed by atoms with Crippen LogP contribution in [-0.2, 0) is 9.53 Å². The van der Waals surface area contributed by atoms with Crippen LogP contribution in [0, 0.1) is 0 Å². The van der Waals surface area contributed by atoms with Gasteiger partial charge in [-0.25, -0.2) is 0 Å². The molecule has 4 rings (SSSR count). The van der Waals surface area contributed by atoms with Crippen LogP contribution in [0.1, 0.15) is 11.7 Å². The fourth-order valence-electron chi connectivity index (χ4n) is 3.38. The van der Waals surface area contributed by atoms with E-state index in [1.54, 1.807) is 0 Å². The second kappa shape index (κ2) is 8.82. The molecule has 1 amide bonds. The molecule has 2 heterocycles. The van der Waals surface area contributed by atoms with Gasteiger partial charge in [0.1, 0.15) is 12.7 Å². The number of rotatable bonds is 5. The Labute approximate surface area is 169 Å². The first-order valence-corrected chi connectivity index (χ1v) is 9.80. The van der Waals surface area contributed by atoms with Crippen molar-refractivity contribution in [2.75, 3.05) is 39.4 Å². The molecule has 0 radical (unpaired) electrons. The number of para-hydroxylation sites is 2. The Kier molecular flexibility index (Phi) is 6.00. The zero-order valence-corrected chi connectivity index (χ0v) is 16.2. The summed E-state index contributed by atoms with van der Waals surface area (Å²) in [6, 6.07) is 15.2. The third-order valence-corrected chi connectivity index (χ3v) is 5.11. The number of carbonyl (C=O) groups excluding carboxylic acids is 1. The predicted octanol–water partition coefficient (Wildman–Crippen LogP) is 2.67. The molecule has 1 fully saturated rings. The molecule has 0 aliphatic carbocycles. The van der Waals surface area contributed by atoms with E-state index in [1.165, 1.54) is 0 Å². The van der Waals surface area contributed by atoms with Crippen LogP contribution >= 0.6 is 11.6 Å². The van der Waals surface area contributed by atoms with Crippen molar-refractivity contribution < 1.29 is 19.0 Å². The molecule has 0 bridgehead atoms. The van der Waals surface area contributed by atoms with E-state index in [0.717, 1.165) is 17.9 Å². The summed E-state index contributed by atoms with van der Waals surface area (Å²) in [6.07, 6.45) is -0.240. The molecule has 28 heavy (non-hydrogen) atoms. The minimum absolute atomic E-state index is 0.0285. The first kappa shape index (κ1) is 19.1. The van der Waals surface area contributed by atoms with Gasteiger partial charge >= 0.3 is 0 Å². The molecule has 1 saturated heterocycles.